The van der Waals surface area contributed by atoms with Gasteiger partial charge in [-0.25, -0.2) is 0 Å². The van der Waals surface area contributed by atoms with E-state index in [-0.39, 0.29) is 21.7 Å². The fourth-order valence-electron chi connectivity index (χ4n) is 4.78. The van der Waals surface area contributed by atoms with Gasteiger partial charge in [-0.15, -0.1) is 0 Å². The minimum absolute atomic E-state index is 0.0819. The molecular formula is C31H45N. The number of hydrogen-bond donors (Lipinski definition) is 0. The first-order valence-corrected chi connectivity index (χ1v) is 12.0. The Morgan fingerprint density at radius 2 is 0.844 bits per heavy atom. The minimum atomic E-state index is -0.0819. The summed E-state index contributed by atoms with van der Waals surface area (Å²) in [5.74, 6) is 0. The third-order valence-corrected chi connectivity index (χ3v) is 6.42. The molecule has 1 heteroatoms. The van der Waals surface area contributed by atoms with Crippen molar-refractivity contribution in [2.45, 2.75) is 118 Å². The van der Waals surface area contributed by atoms with Gasteiger partial charge in [-0.05, 0) is 73.9 Å². The van der Waals surface area contributed by atoms with Crippen LogP contribution in [0.3, 0.4) is 0 Å². The van der Waals surface area contributed by atoms with Gasteiger partial charge in [0.15, 0.2) is 0 Å². The van der Waals surface area contributed by atoms with E-state index in [1.54, 1.807) is 0 Å². The molecule has 0 unspecified atom stereocenters. The summed E-state index contributed by atoms with van der Waals surface area (Å²) in [5.41, 5.74) is 10.1. The Kier molecular flexibility index (Phi) is 6.85. The molecule has 0 aliphatic rings. The standard InChI is InChI=1S/C31H45N/c1-20-24(28(2,3)4)15-21(16-25(20)29(5,6)7)14-22-17-26(30(8,9)10)23(19-32)27(18-22)31(11,12)13/h15-18H,14H2,1-13H3. The van der Waals surface area contributed by atoms with Crippen LogP contribution >= 0.6 is 0 Å². The summed E-state index contributed by atoms with van der Waals surface area (Å²) in [6.07, 6.45) is 0.879. The van der Waals surface area contributed by atoms with E-state index in [2.05, 4.69) is 120 Å². The zero-order chi connectivity index (χ0) is 24.9. The lowest BCUT2D eigenvalue weighted by Gasteiger charge is -2.30. The number of benzene rings is 2. The fourth-order valence-corrected chi connectivity index (χ4v) is 4.78. The Bertz CT molecular complexity index is 962. The van der Waals surface area contributed by atoms with Crippen LogP contribution in [0.15, 0.2) is 24.3 Å². The van der Waals surface area contributed by atoms with E-state index in [9.17, 15) is 5.26 Å². The molecule has 0 atom stereocenters. The molecule has 0 aromatic heterocycles. The highest BCUT2D eigenvalue weighted by atomic mass is 14.3. The number of nitrogens with zero attached hydrogens (tertiary/aromatic N) is 1. The van der Waals surface area contributed by atoms with E-state index in [0.717, 1.165) is 23.1 Å². The highest BCUT2D eigenvalue weighted by molar-refractivity contribution is 5.54. The van der Waals surface area contributed by atoms with Gasteiger partial charge in [0, 0.05) is 0 Å². The van der Waals surface area contributed by atoms with Crippen LogP contribution in [0.5, 0.6) is 0 Å². The second kappa shape index (κ2) is 8.37. The Morgan fingerprint density at radius 3 is 1.09 bits per heavy atom. The van der Waals surface area contributed by atoms with Crippen molar-refractivity contribution in [3.05, 3.63) is 68.8 Å². The van der Waals surface area contributed by atoms with Gasteiger partial charge in [0.2, 0.25) is 0 Å². The van der Waals surface area contributed by atoms with E-state index in [4.69, 9.17) is 0 Å². The summed E-state index contributed by atoms with van der Waals surface area (Å²) in [7, 11) is 0. The van der Waals surface area contributed by atoms with Crippen LogP contribution in [0.1, 0.15) is 128 Å². The van der Waals surface area contributed by atoms with Crippen LogP contribution < -0.4 is 0 Å². The normalized spacial score (nSPS) is 13.2. The summed E-state index contributed by atoms with van der Waals surface area (Å²) < 4.78 is 0. The summed E-state index contributed by atoms with van der Waals surface area (Å²) >= 11 is 0. The average Bonchev–Trinajstić information content (AvgIpc) is 2.58. The largest absolute Gasteiger partial charge is 0.192 e. The minimum Gasteiger partial charge on any atom is -0.192 e. The van der Waals surface area contributed by atoms with Gasteiger partial charge >= 0.3 is 0 Å². The molecule has 2 aromatic carbocycles. The van der Waals surface area contributed by atoms with Crippen LogP contribution in [-0.2, 0) is 28.1 Å². The summed E-state index contributed by atoms with van der Waals surface area (Å²) in [4.78, 5) is 0. The summed E-state index contributed by atoms with van der Waals surface area (Å²) in [6, 6.07) is 11.9. The first-order chi connectivity index (χ1) is 14.3. The van der Waals surface area contributed by atoms with Gasteiger partial charge < -0.3 is 0 Å². The Labute approximate surface area is 198 Å². The second-order valence-electron chi connectivity index (χ2n) is 13.7. The predicted molar refractivity (Wildman–Crippen MR) is 140 cm³/mol. The Hall–Kier alpha value is -2.07. The molecule has 32 heavy (non-hydrogen) atoms. The number of nitriles is 1. The molecule has 0 fully saturated rings. The van der Waals surface area contributed by atoms with E-state index in [0.29, 0.717) is 0 Å². The van der Waals surface area contributed by atoms with Gasteiger partial charge in [-0.1, -0.05) is 107 Å². The summed E-state index contributed by atoms with van der Waals surface area (Å²) in [5, 5.41) is 10.0. The van der Waals surface area contributed by atoms with E-state index >= 15 is 0 Å². The molecule has 0 saturated carbocycles. The van der Waals surface area contributed by atoms with Crippen LogP contribution in [0.4, 0.5) is 0 Å². The van der Waals surface area contributed by atoms with E-state index < -0.39 is 0 Å². The van der Waals surface area contributed by atoms with Crippen molar-refractivity contribution in [1.82, 2.24) is 0 Å². The van der Waals surface area contributed by atoms with Gasteiger partial charge in [0.1, 0.15) is 0 Å². The van der Waals surface area contributed by atoms with E-state index in [1.165, 1.54) is 27.8 Å². The van der Waals surface area contributed by atoms with Gasteiger partial charge in [-0.2, -0.15) is 5.26 Å². The van der Waals surface area contributed by atoms with Crippen LogP contribution in [0.25, 0.3) is 0 Å². The molecule has 174 valence electrons. The molecular weight excluding hydrogens is 386 g/mol. The lowest BCUT2D eigenvalue weighted by molar-refractivity contribution is 0.559. The number of rotatable bonds is 2. The molecule has 0 bridgehead atoms. The third-order valence-electron chi connectivity index (χ3n) is 6.42. The lowest BCUT2D eigenvalue weighted by atomic mass is 9.74. The first kappa shape index (κ1) is 26.2. The fraction of sp³-hybridized carbons (Fsp3) is 0.581. The van der Waals surface area contributed by atoms with Crippen molar-refractivity contribution in [3.8, 4) is 6.07 Å². The Balaban J connectivity index is 2.78. The molecule has 1 nitrogen and oxygen atoms in total. The molecule has 0 saturated heterocycles. The Morgan fingerprint density at radius 1 is 0.562 bits per heavy atom. The van der Waals surface area contributed by atoms with Gasteiger partial charge in [0.05, 0.1) is 11.6 Å². The highest BCUT2D eigenvalue weighted by Crippen LogP contribution is 2.38. The monoisotopic (exact) mass is 431 g/mol. The third kappa shape index (κ3) is 5.64. The number of hydrogen-bond acceptors (Lipinski definition) is 1. The maximum atomic E-state index is 10.0. The molecule has 0 spiro atoms. The zero-order valence-corrected chi connectivity index (χ0v) is 23.0. The maximum absolute atomic E-state index is 10.0. The lowest BCUT2D eigenvalue weighted by Crippen LogP contribution is -2.21. The van der Waals surface area contributed by atoms with Crippen molar-refractivity contribution in [1.29, 1.82) is 5.26 Å². The predicted octanol–water partition coefficient (Wildman–Crippen LogP) is 8.65. The maximum Gasteiger partial charge on any atom is 0.0997 e. The SMILES string of the molecule is Cc1c(C(C)(C)C)cc(Cc2cc(C(C)(C)C)c(C#N)c(C(C)(C)C)c2)cc1C(C)(C)C. The van der Waals surface area contributed by atoms with Gasteiger partial charge in [-0.3, -0.25) is 0 Å². The molecule has 0 heterocycles. The molecule has 0 N–H and O–H groups in total. The summed E-state index contributed by atoms with van der Waals surface area (Å²) in [6.45, 7) is 29.4. The first-order valence-electron chi connectivity index (χ1n) is 12.0. The van der Waals surface area contributed by atoms with Gasteiger partial charge in [0.25, 0.3) is 0 Å². The smallest absolute Gasteiger partial charge is 0.0997 e. The zero-order valence-electron chi connectivity index (χ0n) is 23.0. The molecule has 0 aliphatic heterocycles. The van der Waals surface area contributed by atoms with Crippen LogP contribution in [-0.4, -0.2) is 0 Å². The molecule has 0 amide bonds. The molecule has 2 aromatic rings. The van der Waals surface area contributed by atoms with E-state index in [1.807, 2.05) is 0 Å². The highest BCUT2D eigenvalue weighted by Gasteiger charge is 2.28. The molecule has 0 aliphatic carbocycles. The molecule has 2 rings (SSSR count). The van der Waals surface area contributed by atoms with Crippen molar-refractivity contribution >= 4 is 0 Å². The topological polar surface area (TPSA) is 23.8 Å². The molecule has 0 radical (unpaired) electrons. The average molecular weight is 432 g/mol. The quantitative estimate of drug-likeness (QED) is 0.466. The van der Waals surface area contributed by atoms with Crippen molar-refractivity contribution in [3.63, 3.8) is 0 Å². The van der Waals surface area contributed by atoms with Crippen molar-refractivity contribution < 1.29 is 0 Å². The van der Waals surface area contributed by atoms with Crippen molar-refractivity contribution in [2.24, 2.45) is 0 Å². The van der Waals surface area contributed by atoms with Crippen molar-refractivity contribution in [2.75, 3.05) is 0 Å². The van der Waals surface area contributed by atoms with Crippen LogP contribution in [0.2, 0.25) is 0 Å². The second-order valence-corrected chi connectivity index (χ2v) is 13.7. The van der Waals surface area contributed by atoms with Crippen LogP contribution in [0, 0.1) is 18.3 Å².